The van der Waals surface area contributed by atoms with Crippen LogP contribution in [0.25, 0.3) is 0 Å². The molecular weight excluding hydrogens is 189 g/mol. The van der Waals surface area contributed by atoms with Crippen molar-refractivity contribution in [2.75, 3.05) is 33.5 Å². The smallest absolute Gasteiger partial charge is 0.317 e. The summed E-state index contributed by atoms with van der Waals surface area (Å²) >= 11 is 0. The zero-order valence-electron chi connectivity index (χ0n) is 8.28. The van der Waals surface area contributed by atoms with Crippen molar-refractivity contribution < 1.29 is 13.6 Å². The minimum Gasteiger partial charge on any atom is -0.317 e. The van der Waals surface area contributed by atoms with E-state index in [0.717, 1.165) is 25.9 Å². The first-order valence-electron chi connectivity index (χ1n) is 4.61. The Kier molecular flexibility index (Phi) is 4.39. The second-order valence-electron chi connectivity index (χ2n) is 3.35. The SMILES string of the molecule is COP(=O)(CC1CCNCC1)OC. The van der Waals surface area contributed by atoms with E-state index in [0.29, 0.717) is 12.1 Å². The second kappa shape index (κ2) is 5.11. The third-order valence-electron chi connectivity index (χ3n) is 2.50. The van der Waals surface area contributed by atoms with Crippen molar-refractivity contribution in [1.29, 1.82) is 0 Å². The van der Waals surface area contributed by atoms with Gasteiger partial charge >= 0.3 is 7.60 Å². The summed E-state index contributed by atoms with van der Waals surface area (Å²) in [5, 5.41) is 3.27. The van der Waals surface area contributed by atoms with Crippen LogP contribution in [-0.2, 0) is 13.6 Å². The van der Waals surface area contributed by atoms with Crippen LogP contribution < -0.4 is 5.32 Å². The van der Waals surface area contributed by atoms with E-state index < -0.39 is 7.60 Å². The van der Waals surface area contributed by atoms with Crippen LogP contribution in [0.15, 0.2) is 0 Å². The zero-order chi connectivity index (χ0) is 9.73. The molecule has 1 fully saturated rings. The molecule has 0 aromatic rings. The molecule has 0 atom stereocenters. The average Bonchev–Trinajstić information content (AvgIpc) is 2.19. The summed E-state index contributed by atoms with van der Waals surface area (Å²) in [7, 11) is 0.122. The number of hydrogen-bond donors (Lipinski definition) is 1. The van der Waals surface area contributed by atoms with E-state index in [-0.39, 0.29) is 0 Å². The van der Waals surface area contributed by atoms with E-state index in [9.17, 15) is 4.57 Å². The Labute approximate surface area is 79.5 Å². The van der Waals surface area contributed by atoms with Gasteiger partial charge in [-0.3, -0.25) is 4.57 Å². The van der Waals surface area contributed by atoms with E-state index in [4.69, 9.17) is 9.05 Å². The van der Waals surface area contributed by atoms with Crippen LogP contribution in [0.1, 0.15) is 12.8 Å². The van der Waals surface area contributed by atoms with Gasteiger partial charge in [0, 0.05) is 14.2 Å². The van der Waals surface area contributed by atoms with Gasteiger partial charge in [0.05, 0.1) is 6.16 Å². The van der Waals surface area contributed by atoms with Crippen molar-refractivity contribution >= 4 is 7.60 Å². The van der Waals surface area contributed by atoms with Crippen LogP contribution in [-0.4, -0.2) is 33.5 Å². The molecule has 0 saturated carbocycles. The van der Waals surface area contributed by atoms with Gasteiger partial charge in [-0.15, -0.1) is 0 Å². The minimum atomic E-state index is -2.78. The van der Waals surface area contributed by atoms with Gasteiger partial charge in [-0.2, -0.15) is 0 Å². The van der Waals surface area contributed by atoms with Crippen molar-refractivity contribution in [3.05, 3.63) is 0 Å². The lowest BCUT2D eigenvalue weighted by atomic mass is 10.0. The van der Waals surface area contributed by atoms with Gasteiger partial charge in [-0.25, -0.2) is 0 Å². The van der Waals surface area contributed by atoms with Gasteiger partial charge in [-0.05, 0) is 31.8 Å². The highest BCUT2D eigenvalue weighted by atomic mass is 31.2. The van der Waals surface area contributed by atoms with E-state index in [1.165, 1.54) is 14.2 Å². The Bertz CT molecular complexity index is 184. The fourth-order valence-corrected chi connectivity index (χ4v) is 3.05. The Balaban J connectivity index is 2.40. The van der Waals surface area contributed by atoms with Crippen LogP contribution in [0.5, 0.6) is 0 Å². The number of nitrogens with one attached hydrogen (secondary N) is 1. The molecule has 0 bridgehead atoms. The van der Waals surface area contributed by atoms with Crippen LogP contribution >= 0.6 is 7.60 Å². The predicted octanol–water partition coefficient (Wildman–Crippen LogP) is 1.47. The molecule has 0 aliphatic carbocycles. The molecule has 1 rings (SSSR count). The molecule has 1 saturated heterocycles. The van der Waals surface area contributed by atoms with Crippen LogP contribution in [0.2, 0.25) is 0 Å². The molecule has 4 nitrogen and oxygen atoms in total. The molecule has 1 aliphatic heterocycles. The van der Waals surface area contributed by atoms with Crippen molar-refractivity contribution in [2.45, 2.75) is 12.8 Å². The third kappa shape index (κ3) is 3.39. The Hall–Kier alpha value is 0.110. The van der Waals surface area contributed by atoms with Gasteiger partial charge in [0.25, 0.3) is 0 Å². The summed E-state index contributed by atoms with van der Waals surface area (Å²) in [6.45, 7) is 2.02. The summed E-state index contributed by atoms with van der Waals surface area (Å²) in [4.78, 5) is 0. The Morgan fingerprint density at radius 2 is 1.85 bits per heavy atom. The van der Waals surface area contributed by atoms with E-state index in [1.807, 2.05) is 0 Å². The maximum atomic E-state index is 11.8. The maximum Gasteiger partial charge on any atom is 0.330 e. The highest BCUT2D eigenvalue weighted by Crippen LogP contribution is 2.49. The second-order valence-corrected chi connectivity index (χ2v) is 5.67. The summed E-state index contributed by atoms with van der Waals surface area (Å²) in [6.07, 6.45) is 2.69. The van der Waals surface area contributed by atoms with E-state index >= 15 is 0 Å². The molecule has 1 heterocycles. The molecular formula is C8H18NO3P. The normalized spacial score (nSPS) is 20.5. The first-order chi connectivity index (χ1) is 6.20. The summed E-state index contributed by atoms with van der Waals surface area (Å²) < 4.78 is 21.6. The first kappa shape index (κ1) is 11.2. The van der Waals surface area contributed by atoms with Crippen molar-refractivity contribution in [1.82, 2.24) is 5.32 Å². The monoisotopic (exact) mass is 207 g/mol. The molecule has 0 aromatic heterocycles. The molecule has 1 aliphatic rings. The highest BCUT2D eigenvalue weighted by Gasteiger charge is 2.27. The minimum absolute atomic E-state index is 0.479. The van der Waals surface area contributed by atoms with Crippen molar-refractivity contribution in [3.8, 4) is 0 Å². The summed E-state index contributed by atoms with van der Waals surface area (Å²) in [5.74, 6) is 0.479. The molecule has 0 unspecified atom stereocenters. The fourth-order valence-electron chi connectivity index (χ4n) is 1.60. The Morgan fingerprint density at radius 1 is 1.31 bits per heavy atom. The predicted molar refractivity (Wildman–Crippen MR) is 52.1 cm³/mol. The number of rotatable bonds is 4. The van der Waals surface area contributed by atoms with Gasteiger partial charge in [-0.1, -0.05) is 0 Å². The lowest BCUT2D eigenvalue weighted by molar-refractivity contribution is 0.263. The van der Waals surface area contributed by atoms with Gasteiger partial charge in [0.2, 0.25) is 0 Å². The van der Waals surface area contributed by atoms with Crippen molar-refractivity contribution in [3.63, 3.8) is 0 Å². The molecule has 0 radical (unpaired) electrons. The molecule has 13 heavy (non-hydrogen) atoms. The van der Waals surface area contributed by atoms with Crippen LogP contribution in [0.3, 0.4) is 0 Å². The standard InChI is InChI=1S/C8H18NO3P/c1-11-13(10,12-2)7-8-3-5-9-6-4-8/h8-9H,3-7H2,1-2H3. The first-order valence-corrected chi connectivity index (χ1v) is 6.34. The largest absolute Gasteiger partial charge is 0.330 e. The van der Waals surface area contributed by atoms with Gasteiger partial charge < -0.3 is 14.4 Å². The lowest BCUT2D eigenvalue weighted by Gasteiger charge is -2.25. The van der Waals surface area contributed by atoms with Crippen LogP contribution in [0.4, 0.5) is 0 Å². The molecule has 5 heteroatoms. The quantitative estimate of drug-likeness (QED) is 0.709. The zero-order valence-corrected chi connectivity index (χ0v) is 9.18. The van der Waals surface area contributed by atoms with Gasteiger partial charge in [0.15, 0.2) is 0 Å². The molecule has 0 spiro atoms. The average molecular weight is 207 g/mol. The molecule has 78 valence electrons. The number of hydrogen-bond acceptors (Lipinski definition) is 4. The number of piperidine rings is 1. The van der Waals surface area contributed by atoms with E-state index in [2.05, 4.69) is 5.32 Å². The summed E-state index contributed by atoms with van der Waals surface area (Å²) in [5.41, 5.74) is 0. The fraction of sp³-hybridized carbons (Fsp3) is 1.00. The Morgan fingerprint density at radius 3 is 2.31 bits per heavy atom. The van der Waals surface area contributed by atoms with Crippen LogP contribution in [0, 0.1) is 5.92 Å². The van der Waals surface area contributed by atoms with E-state index in [1.54, 1.807) is 0 Å². The summed E-state index contributed by atoms with van der Waals surface area (Å²) in [6, 6.07) is 0. The van der Waals surface area contributed by atoms with Gasteiger partial charge in [0.1, 0.15) is 0 Å². The molecule has 0 amide bonds. The topological polar surface area (TPSA) is 47.6 Å². The van der Waals surface area contributed by atoms with Crippen molar-refractivity contribution in [2.24, 2.45) is 5.92 Å². The lowest BCUT2D eigenvalue weighted by Crippen LogP contribution is -2.29. The third-order valence-corrected chi connectivity index (χ3v) is 4.57. The molecule has 0 aromatic carbocycles. The molecule has 1 N–H and O–H groups in total. The maximum absolute atomic E-state index is 11.8. The highest BCUT2D eigenvalue weighted by molar-refractivity contribution is 7.53.